The average Bonchev–Trinajstić information content (AvgIpc) is 2.66. The van der Waals surface area contributed by atoms with E-state index in [1.54, 1.807) is 31.3 Å². The van der Waals surface area contributed by atoms with Crippen molar-refractivity contribution in [3.8, 4) is 11.5 Å². The van der Waals surface area contributed by atoms with Crippen molar-refractivity contribution in [2.24, 2.45) is 5.73 Å². The van der Waals surface area contributed by atoms with Gasteiger partial charge in [0.25, 0.3) is 5.91 Å². The molecule has 0 spiro atoms. The predicted molar refractivity (Wildman–Crippen MR) is 105 cm³/mol. The van der Waals surface area contributed by atoms with Crippen molar-refractivity contribution in [1.29, 1.82) is 0 Å². The molecule has 0 saturated heterocycles. The quantitative estimate of drug-likeness (QED) is 0.786. The maximum atomic E-state index is 13.1. The highest BCUT2D eigenvalue weighted by atomic mass is 79.9. The van der Waals surface area contributed by atoms with Crippen LogP contribution in [0, 0.1) is 0 Å². The van der Waals surface area contributed by atoms with Crippen molar-refractivity contribution in [2.45, 2.75) is 18.9 Å². The third-order valence-corrected chi connectivity index (χ3v) is 5.28. The minimum Gasteiger partial charge on any atom is -0.493 e. The van der Waals surface area contributed by atoms with Crippen LogP contribution in [0.1, 0.15) is 33.9 Å². The topological polar surface area (TPSA) is 81.9 Å². The maximum Gasteiger partial charge on any atom is 0.254 e. The van der Waals surface area contributed by atoms with E-state index in [4.69, 9.17) is 15.2 Å². The molecular formula is C20H21BrN2O4. The lowest BCUT2D eigenvalue weighted by atomic mass is 9.89. The zero-order valence-corrected chi connectivity index (χ0v) is 16.8. The fraction of sp³-hybridized carbons (Fsp3) is 0.300. The normalized spacial score (nSPS) is 15.8. The van der Waals surface area contributed by atoms with Crippen LogP contribution in [0.25, 0.3) is 0 Å². The molecule has 0 aromatic heterocycles. The molecule has 0 radical (unpaired) electrons. The first-order valence-corrected chi connectivity index (χ1v) is 9.33. The molecule has 1 aliphatic heterocycles. The molecule has 1 heterocycles. The highest BCUT2D eigenvalue weighted by Gasteiger charge is 2.33. The molecule has 3 rings (SSSR count). The Labute approximate surface area is 166 Å². The Morgan fingerprint density at radius 1 is 1.15 bits per heavy atom. The first-order chi connectivity index (χ1) is 12.9. The van der Waals surface area contributed by atoms with Crippen LogP contribution in [0.15, 0.2) is 40.9 Å². The largest absolute Gasteiger partial charge is 0.493 e. The highest BCUT2D eigenvalue weighted by molar-refractivity contribution is 9.10. The van der Waals surface area contributed by atoms with Gasteiger partial charge in [-0.05, 0) is 53.9 Å². The molecule has 1 aliphatic rings. The number of primary amides is 1. The van der Waals surface area contributed by atoms with Crippen LogP contribution in [0.4, 0.5) is 0 Å². The molecule has 0 saturated carbocycles. The zero-order valence-electron chi connectivity index (χ0n) is 15.2. The number of carbonyl (C=O) groups excluding carboxylic acids is 2. The molecule has 2 aromatic rings. The van der Waals surface area contributed by atoms with Crippen LogP contribution in [-0.2, 0) is 11.2 Å². The van der Waals surface area contributed by atoms with Gasteiger partial charge in [0.15, 0.2) is 11.5 Å². The Morgan fingerprint density at radius 3 is 2.37 bits per heavy atom. The first-order valence-electron chi connectivity index (χ1n) is 8.54. The Morgan fingerprint density at radius 2 is 1.78 bits per heavy atom. The number of nitrogens with zero attached hydrogens (tertiary/aromatic N) is 1. The Kier molecular flexibility index (Phi) is 5.70. The maximum absolute atomic E-state index is 13.1. The number of hydrogen-bond donors (Lipinski definition) is 1. The zero-order chi connectivity index (χ0) is 19.6. The molecule has 6 nitrogen and oxygen atoms in total. The summed E-state index contributed by atoms with van der Waals surface area (Å²) in [4.78, 5) is 26.5. The van der Waals surface area contributed by atoms with Crippen LogP contribution < -0.4 is 15.2 Å². The molecule has 27 heavy (non-hydrogen) atoms. The van der Waals surface area contributed by atoms with Crippen LogP contribution in [0.2, 0.25) is 0 Å². The number of amides is 2. The molecule has 2 N–H and O–H groups in total. The van der Waals surface area contributed by atoms with Gasteiger partial charge in [0.05, 0.1) is 26.7 Å². The van der Waals surface area contributed by atoms with E-state index in [1.165, 1.54) is 0 Å². The van der Waals surface area contributed by atoms with Gasteiger partial charge in [0, 0.05) is 16.6 Å². The fourth-order valence-electron chi connectivity index (χ4n) is 3.44. The summed E-state index contributed by atoms with van der Waals surface area (Å²) in [6, 6.07) is 10.5. The van der Waals surface area contributed by atoms with Crippen LogP contribution in [0.5, 0.6) is 11.5 Å². The number of methoxy groups -OCH3 is 2. The van der Waals surface area contributed by atoms with E-state index in [2.05, 4.69) is 15.9 Å². The molecule has 0 bridgehead atoms. The lowest BCUT2D eigenvalue weighted by Gasteiger charge is -2.37. The smallest absolute Gasteiger partial charge is 0.254 e. The fourth-order valence-corrected chi connectivity index (χ4v) is 3.70. The van der Waals surface area contributed by atoms with Gasteiger partial charge in [-0.25, -0.2) is 0 Å². The number of fused-ring (bicyclic) bond motifs is 1. The van der Waals surface area contributed by atoms with Crippen molar-refractivity contribution < 1.29 is 19.1 Å². The first kappa shape index (κ1) is 19.2. The van der Waals surface area contributed by atoms with Crippen molar-refractivity contribution in [3.63, 3.8) is 0 Å². The summed E-state index contributed by atoms with van der Waals surface area (Å²) in [6.07, 6.45) is 0.706. The molecular weight excluding hydrogens is 412 g/mol. The van der Waals surface area contributed by atoms with Crippen LogP contribution in [-0.4, -0.2) is 37.5 Å². The molecule has 7 heteroatoms. The van der Waals surface area contributed by atoms with Gasteiger partial charge in [0.1, 0.15) is 0 Å². The Balaban J connectivity index is 2.02. The summed E-state index contributed by atoms with van der Waals surface area (Å²) in [5.74, 6) is 0.593. The van der Waals surface area contributed by atoms with Gasteiger partial charge in [-0.3, -0.25) is 9.59 Å². The van der Waals surface area contributed by atoms with E-state index in [0.29, 0.717) is 30.0 Å². The Bertz CT molecular complexity index is 867. The SMILES string of the molecule is COc1cc2c(cc1OC)C(CC(N)=O)N(C(=O)c1ccc(Br)cc1)CC2. The summed E-state index contributed by atoms with van der Waals surface area (Å²) in [5, 5.41) is 0. The number of carbonyl (C=O) groups is 2. The Hall–Kier alpha value is -2.54. The van der Waals surface area contributed by atoms with Gasteiger partial charge in [0.2, 0.25) is 5.91 Å². The van der Waals surface area contributed by atoms with Crippen molar-refractivity contribution in [3.05, 3.63) is 57.6 Å². The van der Waals surface area contributed by atoms with E-state index in [-0.39, 0.29) is 12.3 Å². The van der Waals surface area contributed by atoms with Gasteiger partial charge < -0.3 is 20.1 Å². The van der Waals surface area contributed by atoms with Crippen LogP contribution >= 0.6 is 15.9 Å². The highest BCUT2D eigenvalue weighted by Crippen LogP contribution is 2.39. The summed E-state index contributed by atoms with van der Waals surface area (Å²) in [7, 11) is 3.14. The molecule has 2 amide bonds. The molecule has 0 aliphatic carbocycles. The number of nitrogens with two attached hydrogens (primary N) is 1. The van der Waals surface area contributed by atoms with Crippen molar-refractivity contribution in [2.75, 3.05) is 20.8 Å². The second-order valence-corrected chi connectivity index (χ2v) is 7.26. The number of benzene rings is 2. The van der Waals surface area contributed by atoms with Crippen molar-refractivity contribution >= 4 is 27.7 Å². The molecule has 2 aromatic carbocycles. The van der Waals surface area contributed by atoms with Gasteiger partial charge in [-0.15, -0.1) is 0 Å². The van der Waals surface area contributed by atoms with E-state index in [9.17, 15) is 9.59 Å². The van der Waals surface area contributed by atoms with E-state index < -0.39 is 11.9 Å². The third-order valence-electron chi connectivity index (χ3n) is 4.75. The second kappa shape index (κ2) is 8.00. The second-order valence-electron chi connectivity index (χ2n) is 6.35. The molecule has 1 atom stereocenters. The molecule has 0 fully saturated rings. The van der Waals surface area contributed by atoms with E-state index in [1.807, 2.05) is 24.3 Å². The average molecular weight is 433 g/mol. The minimum atomic E-state index is -0.462. The minimum absolute atomic E-state index is 0.0464. The summed E-state index contributed by atoms with van der Waals surface area (Å²) in [5.41, 5.74) is 7.95. The van der Waals surface area contributed by atoms with E-state index >= 15 is 0 Å². The van der Waals surface area contributed by atoms with Crippen molar-refractivity contribution in [1.82, 2.24) is 4.90 Å². The standard InChI is InChI=1S/C20H21BrN2O4/c1-26-17-9-13-7-8-23(20(25)12-3-5-14(21)6-4-12)16(11-19(22)24)15(13)10-18(17)27-2/h3-6,9-10,16H,7-8,11H2,1-2H3,(H2,22,24). The lowest BCUT2D eigenvalue weighted by molar-refractivity contribution is -0.119. The third kappa shape index (κ3) is 3.93. The molecule has 142 valence electrons. The van der Waals surface area contributed by atoms with E-state index in [0.717, 1.165) is 15.6 Å². The lowest BCUT2D eigenvalue weighted by Crippen LogP contribution is -2.41. The number of hydrogen-bond acceptors (Lipinski definition) is 4. The summed E-state index contributed by atoms with van der Waals surface area (Å²) >= 11 is 3.37. The van der Waals surface area contributed by atoms with Gasteiger partial charge in [-0.1, -0.05) is 15.9 Å². The molecule has 1 unspecified atom stereocenters. The number of ether oxygens (including phenoxy) is 2. The number of rotatable bonds is 5. The monoisotopic (exact) mass is 432 g/mol. The van der Waals surface area contributed by atoms with Gasteiger partial charge >= 0.3 is 0 Å². The predicted octanol–water partition coefficient (Wildman–Crippen LogP) is 3.08. The summed E-state index contributed by atoms with van der Waals surface area (Å²) < 4.78 is 11.7. The van der Waals surface area contributed by atoms with Gasteiger partial charge in [-0.2, -0.15) is 0 Å². The number of halogens is 1. The van der Waals surface area contributed by atoms with Crippen LogP contribution in [0.3, 0.4) is 0 Å². The summed E-state index contributed by atoms with van der Waals surface area (Å²) in [6.45, 7) is 0.495.